The van der Waals surface area contributed by atoms with Gasteiger partial charge in [-0.2, -0.15) is 0 Å². The minimum absolute atomic E-state index is 0.0809. The molecule has 0 bridgehead atoms. The fourth-order valence-electron chi connectivity index (χ4n) is 2.62. The standard InChI is InChI=1S/C16H18F2N4O2/c1-10(14(23)22-8-7-16(2,18)9-22)19-15-21-20-13(24-15)11-3-5-12(17)6-4-11/h3-6,10H,7-9H2,1-2H3,(H,19,21)/t10-,16-/m1/s1. The molecule has 128 valence electrons. The van der Waals surface area contributed by atoms with Crippen molar-refractivity contribution >= 4 is 11.9 Å². The molecule has 1 saturated heterocycles. The first-order valence-corrected chi connectivity index (χ1v) is 7.68. The van der Waals surface area contributed by atoms with Crippen LogP contribution in [0.15, 0.2) is 28.7 Å². The van der Waals surface area contributed by atoms with Crippen molar-refractivity contribution in [3.8, 4) is 11.5 Å². The lowest BCUT2D eigenvalue weighted by Crippen LogP contribution is -2.41. The number of rotatable bonds is 4. The fraction of sp³-hybridized carbons (Fsp3) is 0.438. The van der Waals surface area contributed by atoms with Crippen molar-refractivity contribution < 1.29 is 18.0 Å². The second-order valence-electron chi connectivity index (χ2n) is 6.21. The Morgan fingerprint density at radius 1 is 1.38 bits per heavy atom. The van der Waals surface area contributed by atoms with E-state index in [1.54, 1.807) is 6.92 Å². The van der Waals surface area contributed by atoms with Crippen LogP contribution in [-0.4, -0.2) is 45.8 Å². The van der Waals surface area contributed by atoms with E-state index in [0.717, 1.165) is 0 Å². The van der Waals surface area contributed by atoms with Crippen LogP contribution in [0.4, 0.5) is 14.8 Å². The van der Waals surface area contributed by atoms with E-state index < -0.39 is 11.7 Å². The van der Waals surface area contributed by atoms with Gasteiger partial charge in [0.05, 0.1) is 6.54 Å². The lowest BCUT2D eigenvalue weighted by Gasteiger charge is -2.21. The summed E-state index contributed by atoms with van der Waals surface area (Å²) in [6.45, 7) is 3.62. The van der Waals surface area contributed by atoms with Gasteiger partial charge in [-0.05, 0) is 38.1 Å². The molecule has 1 fully saturated rings. The summed E-state index contributed by atoms with van der Waals surface area (Å²) in [6.07, 6.45) is 0.334. The van der Waals surface area contributed by atoms with Crippen LogP contribution in [0.3, 0.4) is 0 Å². The number of anilines is 1. The number of hydrogen-bond donors (Lipinski definition) is 1. The summed E-state index contributed by atoms with van der Waals surface area (Å²) >= 11 is 0. The second kappa shape index (κ2) is 6.18. The molecule has 1 aromatic carbocycles. The zero-order valence-corrected chi connectivity index (χ0v) is 13.4. The Labute approximate surface area is 137 Å². The van der Waals surface area contributed by atoms with Gasteiger partial charge in [0.1, 0.15) is 17.5 Å². The first-order chi connectivity index (χ1) is 11.3. The molecule has 0 unspecified atom stereocenters. The predicted octanol–water partition coefficient (Wildman–Crippen LogP) is 2.64. The highest BCUT2D eigenvalue weighted by molar-refractivity contribution is 5.84. The number of alkyl halides is 1. The molecule has 2 atom stereocenters. The van der Waals surface area contributed by atoms with Gasteiger partial charge >= 0.3 is 6.01 Å². The monoisotopic (exact) mass is 336 g/mol. The van der Waals surface area contributed by atoms with E-state index in [2.05, 4.69) is 15.5 Å². The van der Waals surface area contributed by atoms with E-state index in [-0.39, 0.29) is 30.2 Å². The first-order valence-electron chi connectivity index (χ1n) is 7.68. The zero-order chi connectivity index (χ0) is 17.3. The Kier molecular flexibility index (Phi) is 4.21. The molecule has 3 rings (SSSR count). The van der Waals surface area contributed by atoms with Gasteiger partial charge in [-0.25, -0.2) is 8.78 Å². The Balaban J connectivity index is 1.64. The van der Waals surface area contributed by atoms with Crippen molar-refractivity contribution in [2.45, 2.75) is 32.0 Å². The number of nitrogens with one attached hydrogen (secondary N) is 1. The molecule has 1 aromatic heterocycles. The Hall–Kier alpha value is -2.51. The molecule has 0 spiro atoms. The zero-order valence-electron chi connectivity index (χ0n) is 13.4. The molecule has 2 aromatic rings. The van der Waals surface area contributed by atoms with Gasteiger partial charge in [-0.15, -0.1) is 5.10 Å². The van der Waals surface area contributed by atoms with E-state index in [1.165, 1.54) is 36.1 Å². The summed E-state index contributed by atoms with van der Waals surface area (Å²) < 4.78 is 32.2. The van der Waals surface area contributed by atoms with Crippen molar-refractivity contribution in [3.63, 3.8) is 0 Å². The van der Waals surface area contributed by atoms with Crippen LogP contribution < -0.4 is 5.32 Å². The van der Waals surface area contributed by atoms with Gasteiger partial charge in [-0.1, -0.05) is 5.10 Å². The molecule has 2 heterocycles. The smallest absolute Gasteiger partial charge is 0.316 e. The third kappa shape index (κ3) is 3.52. The van der Waals surface area contributed by atoms with Crippen molar-refractivity contribution in [2.24, 2.45) is 0 Å². The highest BCUT2D eigenvalue weighted by Crippen LogP contribution is 2.25. The van der Waals surface area contributed by atoms with E-state index in [1.807, 2.05) is 0 Å². The largest absolute Gasteiger partial charge is 0.403 e. The number of halogens is 2. The number of nitrogens with zero attached hydrogens (tertiary/aromatic N) is 3. The molecule has 1 amide bonds. The number of hydrogen-bond acceptors (Lipinski definition) is 5. The number of carbonyl (C=O) groups is 1. The molecule has 0 aliphatic carbocycles. The maximum Gasteiger partial charge on any atom is 0.316 e. The van der Waals surface area contributed by atoms with Gasteiger partial charge in [0, 0.05) is 18.5 Å². The van der Waals surface area contributed by atoms with Crippen LogP contribution in [0, 0.1) is 5.82 Å². The van der Waals surface area contributed by atoms with E-state index in [0.29, 0.717) is 18.5 Å². The highest BCUT2D eigenvalue weighted by atomic mass is 19.1. The molecular weight excluding hydrogens is 318 g/mol. The number of amides is 1. The molecule has 1 aliphatic rings. The number of aromatic nitrogens is 2. The Morgan fingerprint density at radius 2 is 2.08 bits per heavy atom. The summed E-state index contributed by atoms with van der Waals surface area (Å²) in [5.41, 5.74) is -0.765. The normalized spacial score (nSPS) is 21.8. The number of carbonyl (C=O) groups excluding carboxylic acids is 1. The maximum atomic E-state index is 13.8. The topological polar surface area (TPSA) is 71.3 Å². The summed E-state index contributed by atoms with van der Waals surface area (Å²) in [7, 11) is 0. The van der Waals surface area contributed by atoms with Crippen molar-refractivity contribution in [3.05, 3.63) is 30.1 Å². The van der Waals surface area contributed by atoms with E-state index in [4.69, 9.17) is 4.42 Å². The van der Waals surface area contributed by atoms with E-state index >= 15 is 0 Å². The van der Waals surface area contributed by atoms with Crippen LogP contribution in [0.5, 0.6) is 0 Å². The average molecular weight is 336 g/mol. The number of likely N-dealkylation sites (tertiary alicyclic amines) is 1. The lowest BCUT2D eigenvalue weighted by molar-refractivity contribution is -0.131. The summed E-state index contributed by atoms with van der Waals surface area (Å²) in [4.78, 5) is 13.8. The molecule has 0 saturated carbocycles. The lowest BCUT2D eigenvalue weighted by atomic mass is 10.1. The average Bonchev–Trinajstić information content (AvgIpc) is 3.13. The molecule has 8 heteroatoms. The van der Waals surface area contributed by atoms with Crippen molar-refractivity contribution in [1.82, 2.24) is 15.1 Å². The van der Waals surface area contributed by atoms with Gasteiger partial charge in [0.2, 0.25) is 11.8 Å². The summed E-state index contributed by atoms with van der Waals surface area (Å²) in [5, 5.41) is 10.5. The Morgan fingerprint density at radius 3 is 2.71 bits per heavy atom. The van der Waals surface area contributed by atoms with Gasteiger partial charge in [0.15, 0.2) is 0 Å². The minimum Gasteiger partial charge on any atom is -0.403 e. The number of benzene rings is 1. The summed E-state index contributed by atoms with van der Waals surface area (Å²) in [6, 6.07) is 5.08. The molecule has 1 aliphatic heterocycles. The third-order valence-electron chi connectivity index (χ3n) is 3.96. The fourth-order valence-corrected chi connectivity index (χ4v) is 2.62. The van der Waals surface area contributed by atoms with Crippen LogP contribution >= 0.6 is 0 Å². The summed E-state index contributed by atoms with van der Waals surface area (Å²) in [5.74, 6) is -0.367. The second-order valence-corrected chi connectivity index (χ2v) is 6.21. The molecule has 0 radical (unpaired) electrons. The third-order valence-corrected chi connectivity index (χ3v) is 3.96. The molecule has 6 nitrogen and oxygen atoms in total. The SMILES string of the molecule is C[C@@H](Nc1nnc(-c2ccc(F)cc2)o1)C(=O)N1CC[C@@](C)(F)C1. The van der Waals surface area contributed by atoms with Crippen LogP contribution in [0.2, 0.25) is 0 Å². The quantitative estimate of drug-likeness (QED) is 0.929. The van der Waals surface area contributed by atoms with Crippen LogP contribution in [0.25, 0.3) is 11.5 Å². The molecular formula is C16H18F2N4O2. The van der Waals surface area contributed by atoms with Gasteiger partial charge in [-0.3, -0.25) is 4.79 Å². The van der Waals surface area contributed by atoms with Crippen LogP contribution in [0.1, 0.15) is 20.3 Å². The van der Waals surface area contributed by atoms with Gasteiger partial charge < -0.3 is 14.6 Å². The first kappa shape index (κ1) is 16.4. The van der Waals surface area contributed by atoms with Gasteiger partial charge in [0.25, 0.3) is 0 Å². The van der Waals surface area contributed by atoms with Crippen molar-refractivity contribution in [1.29, 1.82) is 0 Å². The molecule has 24 heavy (non-hydrogen) atoms. The Bertz CT molecular complexity index is 730. The minimum atomic E-state index is -1.34. The maximum absolute atomic E-state index is 13.8. The predicted molar refractivity (Wildman–Crippen MR) is 83.5 cm³/mol. The van der Waals surface area contributed by atoms with E-state index in [9.17, 15) is 13.6 Å². The molecule has 1 N–H and O–H groups in total. The highest BCUT2D eigenvalue weighted by Gasteiger charge is 2.37. The van der Waals surface area contributed by atoms with Crippen molar-refractivity contribution in [2.75, 3.05) is 18.4 Å². The van der Waals surface area contributed by atoms with Crippen LogP contribution in [-0.2, 0) is 4.79 Å².